The zero-order chi connectivity index (χ0) is 19.7. The Bertz CT molecular complexity index is 571. The Kier molecular flexibility index (Phi) is 8.58. The molecule has 26 heavy (non-hydrogen) atoms. The van der Waals surface area contributed by atoms with Crippen LogP contribution in [-0.2, 0) is 14.3 Å². The van der Waals surface area contributed by atoms with Crippen LogP contribution in [0.1, 0.15) is 53.4 Å². The lowest BCUT2D eigenvalue weighted by atomic mass is 9.96. The van der Waals surface area contributed by atoms with Crippen molar-refractivity contribution in [3.63, 3.8) is 0 Å². The van der Waals surface area contributed by atoms with Crippen LogP contribution < -0.4 is 0 Å². The Morgan fingerprint density at radius 1 is 1.38 bits per heavy atom. The van der Waals surface area contributed by atoms with Gasteiger partial charge in [-0.15, -0.1) is 0 Å². The second-order valence-corrected chi connectivity index (χ2v) is 7.35. The fourth-order valence-electron chi connectivity index (χ4n) is 2.56. The molecule has 1 rings (SSSR count). The molecule has 0 saturated heterocycles. The maximum atomic E-state index is 12.0. The molecule has 0 saturated carbocycles. The van der Waals surface area contributed by atoms with Gasteiger partial charge in [-0.2, -0.15) is 5.06 Å². The van der Waals surface area contributed by atoms with E-state index in [4.69, 9.17) is 9.47 Å². The number of esters is 1. The largest absolute Gasteiger partial charge is 0.466 e. The van der Waals surface area contributed by atoms with E-state index >= 15 is 0 Å². The van der Waals surface area contributed by atoms with E-state index in [1.165, 1.54) is 0 Å². The van der Waals surface area contributed by atoms with E-state index in [1.807, 2.05) is 18.2 Å². The molecule has 0 aliphatic heterocycles. The van der Waals surface area contributed by atoms with Gasteiger partial charge in [-0.05, 0) is 52.5 Å². The quantitative estimate of drug-likeness (QED) is 0.338. The summed E-state index contributed by atoms with van der Waals surface area (Å²) in [6.45, 7) is 11.4. The van der Waals surface area contributed by atoms with Gasteiger partial charge in [-0.25, -0.2) is 4.79 Å². The number of allylic oxidation sites excluding steroid dienone is 2. The zero-order valence-electron chi connectivity index (χ0n) is 16.3. The molecule has 146 valence electrons. The van der Waals surface area contributed by atoms with E-state index in [1.54, 1.807) is 27.7 Å². The summed E-state index contributed by atoms with van der Waals surface area (Å²) in [5, 5.41) is 10.6. The van der Waals surface area contributed by atoms with Crippen molar-refractivity contribution in [1.82, 2.24) is 5.06 Å². The average Bonchev–Trinajstić information content (AvgIpc) is 2.58. The molecule has 0 fully saturated rings. The van der Waals surface area contributed by atoms with Crippen molar-refractivity contribution in [3.8, 4) is 0 Å². The Morgan fingerprint density at radius 3 is 2.69 bits per heavy atom. The zero-order valence-corrected chi connectivity index (χ0v) is 16.3. The number of carbonyl (C=O) groups is 2. The first-order valence-corrected chi connectivity index (χ1v) is 9.02. The fourth-order valence-corrected chi connectivity index (χ4v) is 2.56. The molecule has 0 aromatic rings. The topological polar surface area (TPSA) is 76.1 Å². The standard InChI is InChI=1S/C20H31NO5/c1-6-25-18(22)13-16-10-8-7-9-11-17(15(2)12-16)14-21(24)19(23)26-20(3,4)5/h9,11-12,17,24H,2,6-8,10,13-14H2,1,3-5H3/b11-9-,16-12+. The van der Waals surface area contributed by atoms with Crippen molar-refractivity contribution in [2.24, 2.45) is 5.92 Å². The van der Waals surface area contributed by atoms with Gasteiger partial charge in [-0.1, -0.05) is 30.4 Å². The molecule has 1 amide bonds. The maximum Gasteiger partial charge on any atom is 0.434 e. The van der Waals surface area contributed by atoms with Crippen LogP contribution >= 0.6 is 0 Å². The molecular weight excluding hydrogens is 334 g/mol. The SMILES string of the molecule is C=C1/C=C(/CC(=O)OCC)CCC/C=C\C1CN(O)C(=O)OC(C)(C)C. The van der Waals surface area contributed by atoms with Gasteiger partial charge >= 0.3 is 12.1 Å². The van der Waals surface area contributed by atoms with E-state index in [0.29, 0.717) is 11.7 Å². The Balaban J connectivity index is 2.82. The minimum absolute atomic E-state index is 0.0352. The number of hydrogen-bond acceptors (Lipinski definition) is 5. The van der Waals surface area contributed by atoms with Crippen LogP contribution in [0.15, 0.2) is 36.0 Å². The number of hydroxylamine groups is 2. The number of hydrogen-bond donors (Lipinski definition) is 1. The van der Waals surface area contributed by atoms with Gasteiger partial charge in [-0.3, -0.25) is 10.0 Å². The van der Waals surface area contributed by atoms with Crippen molar-refractivity contribution in [3.05, 3.63) is 36.0 Å². The number of carbonyl (C=O) groups excluding carboxylic acids is 2. The Morgan fingerprint density at radius 2 is 2.08 bits per heavy atom. The highest BCUT2D eigenvalue weighted by Gasteiger charge is 2.24. The van der Waals surface area contributed by atoms with Crippen molar-refractivity contribution >= 4 is 12.1 Å². The number of rotatable bonds is 5. The lowest BCUT2D eigenvalue weighted by Gasteiger charge is -2.25. The summed E-state index contributed by atoms with van der Waals surface area (Å²) >= 11 is 0. The van der Waals surface area contributed by atoms with Gasteiger partial charge in [0, 0.05) is 5.92 Å². The highest BCUT2D eigenvalue weighted by molar-refractivity contribution is 5.72. The molecule has 0 aromatic carbocycles. The monoisotopic (exact) mass is 365 g/mol. The van der Waals surface area contributed by atoms with Crippen LogP contribution in [-0.4, -0.2) is 41.1 Å². The Hall–Kier alpha value is -2.08. The number of nitrogens with zero attached hydrogens (tertiary/aromatic N) is 1. The predicted octanol–water partition coefficient (Wildman–Crippen LogP) is 4.40. The van der Waals surface area contributed by atoms with Crippen LogP contribution in [0.5, 0.6) is 0 Å². The lowest BCUT2D eigenvalue weighted by molar-refractivity contribution is -0.142. The summed E-state index contributed by atoms with van der Waals surface area (Å²) in [7, 11) is 0. The molecule has 1 unspecified atom stereocenters. The molecule has 6 nitrogen and oxygen atoms in total. The van der Waals surface area contributed by atoms with E-state index in [0.717, 1.165) is 30.4 Å². The molecule has 0 radical (unpaired) electrons. The molecular formula is C20H31NO5. The molecule has 0 bridgehead atoms. The van der Waals surface area contributed by atoms with Crippen LogP contribution in [0.2, 0.25) is 0 Å². The number of ether oxygens (including phenoxy) is 2. The molecule has 0 spiro atoms. The third-order valence-electron chi connectivity index (χ3n) is 3.75. The summed E-state index contributed by atoms with van der Waals surface area (Å²) in [6.07, 6.45) is 7.80. The van der Waals surface area contributed by atoms with Gasteiger partial charge in [0.2, 0.25) is 0 Å². The summed E-state index contributed by atoms with van der Waals surface area (Å²) < 4.78 is 10.2. The van der Waals surface area contributed by atoms with Gasteiger partial charge in [0.1, 0.15) is 5.60 Å². The number of amides is 1. The summed E-state index contributed by atoms with van der Waals surface area (Å²) in [6, 6.07) is 0. The minimum Gasteiger partial charge on any atom is -0.466 e. The van der Waals surface area contributed by atoms with E-state index in [9.17, 15) is 14.8 Å². The van der Waals surface area contributed by atoms with Crippen LogP contribution in [0.3, 0.4) is 0 Å². The fraction of sp³-hybridized carbons (Fsp3) is 0.600. The van der Waals surface area contributed by atoms with Crippen molar-refractivity contribution in [2.75, 3.05) is 13.2 Å². The first-order valence-electron chi connectivity index (χ1n) is 9.02. The van der Waals surface area contributed by atoms with E-state index in [2.05, 4.69) is 6.58 Å². The molecule has 1 aliphatic carbocycles. The second-order valence-electron chi connectivity index (χ2n) is 7.35. The third kappa shape index (κ3) is 8.34. The summed E-state index contributed by atoms with van der Waals surface area (Å²) in [5.74, 6) is -0.518. The summed E-state index contributed by atoms with van der Waals surface area (Å²) in [5.41, 5.74) is 0.990. The predicted molar refractivity (Wildman–Crippen MR) is 99.7 cm³/mol. The van der Waals surface area contributed by atoms with Crippen LogP contribution in [0.4, 0.5) is 4.79 Å². The molecule has 0 heterocycles. The van der Waals surface area contributed by atoms with Crippen molar-refractivity contribution in [1.29, 1.82) is 0 Å². The molecule has 0 aromatic heterocycles. The highest BCUT2D eigenvalue weighted by Crippen LogP contribution is 2.23. The van der Waals surface area contributed by atoms with Gasteiger partial charge in [0.25, 0.3) is 0 Å². The molecule has 1 atom stereocenters. The third-order valence-corrected chi connectivity index (χ3v) is 3.75. The molecule has 6 heteroatoms. The smallest absolute Gasteiger partial charge is 0.434 e. The normalized spacial score (nSPS) is 21.5. The minimum atomic E-state index is -0.797. The average molecular weight is 365 g/mol. The maximum absolute atomic E-state index is 12.0. The van der Waals surface area contributed by atoms with Crippen molar-refractivity contribution < 1.29 is 24.3 Å². The molecule has 1 aliphatic rings. The first-order chi connectivity index (χ1) is 12.1. The first kappa shape index (κ1) is 22.0. The Labute approximate surface area is 156 Å². The van der Waals surface area contributed by atoms with Gasteiger partial charge in [0.15, 0.2) is 0 Å². The summed E-state index contributed by atoms with van der Waals surface area (Å²) in [4.78, 5) is 23.7. The van der Waals surface area contributed by atoms with E-state index in [-0.39, 0.29) is 24.9 Å². The van der Waals surface area contributed by atoms with Crippen LogP contribution in [0.25, 0.3) is 0 Å². The lowest BCUT2D eigenvalue weighted by Crippen LogP contribution is -2.37. The van der Waals surface area contributed by atoms with Crippen molar-refractivity contribution in [2.45, 2.75) is 59.0 Å². The van der Waals surface area contributed by atoms with Crippen LogP contribution in [0, 0.1) is 5.92 Å². The highest BCUT2D eigenvalue weighted by atomic mass is 16.6. The molecule has 1 N–H and O–H groups in total. The second kappa shape index (κ2) is 10.2. The van der Waals surface area contributed by atoms with Gasteiger partial charge < -0.3 is 9.47 Å². The van der Waals surface area contributed by atoms with E-state index < -0.39 is 11.7 Å². The van der Waals surface area contributed by atoms with Gasteiger partial charge in [0.05, 0.1) is 19.6 Å².